The Bertz CT molecular complexity index is 752. The molecule has 0 N–H and O–H groups in total. The Labute approximate surface area is 144 Å². The molecule has 0 aliphatic carbocycles. The normalized spacial score (nSPS) is 29.8. The molecule has 1 aromatic rings. The van der Waals surface area contributed by atoms with Crippen LogP contribution in [0.15, 0.2) is 24.3 Å². The Balaban J connectivity index is 1.61. The zero-order chi connectivity index (χ0) is 17.1. The molecule has 1 aromatic carbocycles. The smallest absolute Gasteiger partial charge is 0.310 e. The zero-order valence-corrected chi connectivity index (χ0v) is 14.1. The molecule has 2 atom stereocenters. The van der Waals surface area contributed by atoms with Crippen LogP contribution >= 0.6 is 11.6 Å². The summed E-state index contributed by atoms with van der Waals surface area (Å²) in [4.78, 5) is 42.5. The Morgan fingerprint density at radius 1 is 1.21 bits per heavy atom. The standard InChI is InChI=1S/C17H18ClN3O3/c1-17-7-4-8-20(17)16(24)21(15(17)23)11-9-14(22)19(10-11)13-6-3-2-5-12(13)18/h2-3,5-6,11H,4,7-10H2,1H3. The topological polar surface area (TPSA) is 60.9 Å². The van der Waals surface area contributed by atoms with Gasteiger partial charge in [0.2, 0.25) is 5.91 Å². The van der Waals surface area contributed by atoms with Crippen LogP contribution in [-0.2, 0) is 9.59 Å². The van der Waals surface area contributed by atoms with Crippen LogP contribution in [0.2, 0.25) is 5.02 Å². The van der Waals surface area contributed by atoms with E-state index in [0.717, 1.165) is 6.42 Å². The van der Waals surface area contributed by atoms with Gasteiger partial charge in [0.15, 0.2) is 0 Å². The number of anilines is 1. The highest BCUT2D eigenvalue weighted by Gasteiger charge is 2.59. The number of fused-ring (bicyclic) bond motifs is 1. The van der Waals surface area contributed by atoms with Crippen molar-refractivity contribution in [1.29, 1.82) is 0 Å². The first-order chi connectivity index (χ1) is 11.4. The second-order valence-corrected chi connectivity index (χ2v) is 7.21. The summed E-state index contributed by atoms with van der Waals surface area (Å²) < 4.78 is 0. The fraction of sp³-hybridized carbons (Fsp3) is 0.471. The summed E-state index contributed by atoms with van der Waals surface area (Å²) in [5, 5.41) is 0.484. The van der Waals surface area contributed by atoms with Gasteiger partial charge in [-0.25, -0.2) is 4.79 Å². The Kier molecular flexibility index (Phi) is 3.35. The van der Waals surface area contributed by atoms with E-state index in [1.165, 1.54) is 4.90 Å². The zero-order valence-electron chi connectivity index (χ0n) is 13.4. The molecule has 3 aliphatic heterocycles. The van der Waals surface area contributed by atoms with Crippen molar-refractivity contribution < 1.29 is 14.4 Å². The van der Waals surface area contributed by atoms with Crippen LogP contribution in [0.3, 0.4) is 0 Å². The van der Waals surface area contributed by atoms with Crippen molar-refractivity contribution >= 4 is 35.1 Å². The number of carbonyl (C=O) groups is 3. The number of carbonyl (C=O) groups excluding carboxylic acids is 3. The molecular weight excluding hydrogens is 330 g/mol. The minimum absolute atomic E-state index is 0.120. The van der Waals surface area contributed by atoms with Crippen LogP contribution < -0.4 is 4.90 Å². The number of amides is 4. The van der Waals surface area contributed by atoms with Gasteiger partial charge in [-0.05, 0) is 31.9 Å². The van der Waals surface area contributed by atoms with Crippen LogP contribution in [0.4, 0.5) is 10.5 Å². The van der Waals surface area contributed by atoms with E-state index < -0.39 is 11.6 Å². The van der Waals surface area contributed by atoms with Crippen LogP contribution in [0.25, 0.3) is 0 Å². The van der Waals surface area contributed by atoms with E-state index in [0.29, 0.717) is 30.2 Å². The van der Waals surface area contributed by atoms with Crippen LogP contribution in [0.5, 0.6) is 0 Å². The van der Waals surface area contributed by atoms with Gasteiger partial charge < -0.3 is 9.80 Å². The quantitative estimate of drug-likeness (QED) is 0.771. The summed E-state index contributed by atoms with van der Waals surface area (Å²) in [6.07, 6.45) is 1.67. The van der Waals surface area contributed by atoms with E-state index in [2.05, 4.69) is 0 Å². The lowest BCUT2D eigenvalue weighted by Gasteiger charge is -2.23. The van der Waals surface area contributed by atoms with E-state index >= 15 is 0 Å². The molecule has 3 fully saturated rings. The Morgan fingerprint density at radius 3 is 2.67 bits per heavy atom. The highest BCUT2D eigenvalue weighted by atomic mass is 35.5. The number of hydrogen-bond donors (Lipinski definition) is 0. The van der Waals surface area contributed by atoms with E-state index in [9.17, 15) is 14.4 Å². The van der Waals surface area contributed by atoms with Crippen LogP contribution in [0, 0.1) is 0 Å². The van der Waals surface area contributed by atoms with E-state index in [1.54, 1.807) is 28.0 Å². The number of benzene rings is 1. The third-order valence-electron chi connectivity index (χ3n) is 5.37. The second kappa shape index (κ2) is 5.21. The van der Waals surface area contributed by atoms with Gasteiger partial charge in [-0.2, -0.15) is 0 Å². The number of para-hydroxylation sites is 1. The molecule has 126 valence electrons. The molecule has 4 amide bonds. The van der Waals surface area contributed by atoms with Crippen molar-refractivity contribution in [3.8, 4) is 0 Å². The number of hydrogen-bond acceptors (Lipinski definition) is 3. The number of urea groups is 1. The van der Waals surface area contributed by atoms with E-state index in [4.69, 9.17) is 11.6 Å². The number of rotatable bonds is 2. The summed E-state index contributed by atoms with van der Waals surface area (Å²) in [7, 11) is 0. The predicted molar refractivity (Wildman–Crippen MR) is 88.8 cm³/mol. The van der Waals surface area contributed by atoms with Crippen molar-refractivity contribution in [1.82, 2.24) is 9.80 Å². The first-order valence-corrected chi connectivity index (χ1v) is 8.51. The number of halogens is 1. The predicted octanol–water partition coefficient (Wildman–Crippen LogP) is 2.26. The maximum Gasteiger partial charge on any atom is 0.328 e. The van der Waals surface area contributed by atoms with Gasteiger partial charge in [0.25, 0.3) is 5.91 Å². The fourth-order valence-corrected chi connectivity index (χ4v) is 4.29. The summed E-state index contributed by atoms with van der Waals surface area (Å²) in [6, 6.07) is 6.41. The Hall–Kier alpha value is -2.08. The average molecular weight is 348 g/mol. The van der Waals surface area contributed by atoms with Gasteiger partial charge in [-0.3, -0.25) is 14.5 Å². The molecule has 3 aliphatic rings. The van der Waals surface area contributed by atoms with Gasteiger partial charge >= 0.3 is 6.03 Å². The molecular formula is C17H18ClN3O3. The van der Waals surface area contributed by atoms with Gasteiger partial charge in [-0.1, -0.05) is 23.7 Å². The molecule has 2 unspecified atom stereocenters. The minimum Gasteiger partial charge on any atom is -0.310 e. The largest absolute Gasteiger partial charge is 0.328 e. The summed E-state index contributed by atoms with van der Waals surface area (Å²) in [5.41, 5.74) is -0.115. The van der Waals surface area contributed by atoms with Gasteiger partial charge in [-0.15, -0.1) is 0 Å². The second-order valence-electron chi connectivity index (χ2n) is 6.80. The first kappa shape index (κ1) is 15.4. The third-order valence-corrected chi connectivity index (χ3v) is 5.69. The molecule has 7 heteroatoms. The summed E-state index contributed by atoms with van der Waals surface area (Å²) in [6.45, 7) is 2.72. The SMILES string of the molecule is CC12CCCN1C(=O)N(C1CC(=O)N(c3ccccc3Cl)C1)C2=O. The maximum absolute atomic E-state index is 12.8. The highest BCUT2D eigenvalue weighted by Crippen LogP contribution is 2.40. The highest BCUT2D eigenvalue weighted by molar-refractivity contribution is 6.33. The lowest BCUT2D eigenvalue weighted by Crippen LogP contribution is -2.45. The van der Waals surface area contributed by atoms with Crippen molar-refractivity contribution in [2.45, 2.75) is 37.8 Å². The molecule has 0 saturated carbocycles. The monoisotopic (exact) mass is 347 g/mol. The molecule has 6 nitrogen and oxygen atoms in total. The van der Waals surface area contributed by atoms with Crippen molar-refractivity contribution in [2.75, 3.05) is 18.0 Å². The lowest BCUT2D eigenvalue weighted by molar-refractivity contribution is -0.133. The molecule has 3 heterocycles. The van der Waals surface area contributed by atoms with Crippen molar-refractivity contribution in [3.05, 3.63) is 29.3 Å². The third kappa shape index (κ3) is 1.99. The van der Waals surface area contributed by atoms with E-state index in [-0.39, 0.29) is 24.3 Å². The van der Waals surface area contributed by atoms with Crippen molar-refractivity contribution in [3.63, 3.8) is 0 Å². The average Bonchev–Trinajstić information content (AvgIpc) is 3.16. The van der Waals surface area contributed by atoms with Gasteiger partial charge in [0.05, 0.1) is 16.8 Å². The maximum atomic E-state index is 12.8. The molecule has 24 heavy (non-hydrogen) atoms. The number of nitrogens with zero attached hydrogens (tertiary/aromatic N) is 3. The van der Waals surface area contributed by atoms with Crippen LogP contribution in [0.1, 0.15) is 26.2 Å². The molecule has 0 radical (unpaired) electrons. The van der Waals surface area contributed by atoms with Gasteiger partial charge in [0.1, 0.15) is 5.54 Å². The van der Waals surface area contributed by atoms with Crippen molar-refractivity contribution in [2.24, 2.45) is 0 Å². The number of imide groups is 1. The van der Waals surface area contributed by atoms with Gasteiger partial charge in [0, 0.05) is 19.5 Å². The fourth-order valence-electron chi connectivity index (χ4n) is 4.06. The van der Waals surface area contributed by atoms with Crippen LogP contribution in [-0.4, -0.2) is 52.3 Å². The molecule has 0 aromatic heterocycles. The minimum atomic E-state index is -0.738. The molecule has 3 saturated heterocycles. The molecule has 4 rings (SSSR count). The van der Waals surface area contributed by atoms with E-state index in [1.807, 2.05) is 13.0 Å². The first-order valence-electron chi connectivity index (χ1n) is 8.13. The summed E-state index contributed by atoms with van der Waals surface area (Å²) >= 11 is 6.18. The Morgan fingerprint density at radius 2 is 1.96 bits per heavy atom. The molecule has 0 bridgehead atoms. The molecule has 0 spiro atoms. The lowest BCUT2D eigenvalue weighted by atomic mass is 9.99. The summed E-state index contributed by atoms with van der Waals surface area (Å²) in [5.74, 6) is -0.297.